The van der Waals surface area contributed by atoms with Crippen molar-refractivity contribution in [3.63, 3.8) is 0 Å². The molecule has 0 aromatic carbocycles. The van der Waals surface area contributed by atoms with E-state index in [2.05, 4.69) is 20.9 Å². The fraction of sp³-hybridized carbons (Fsp3) is 0.455. The summed E-state index contributed by atoms with van der Waals surface area (Å²) in [6.45, 7) is 3.63. The van der Waals surface area contributed by atoms with Crippen molar-refractivity contribution < 1.29 is 4.79 Å². The summed E-state index contributed by atoms with van der Waals surface area (Å²) < 4.78 is 0.893. The van der Waals surface area contributed by atoms with E-state index in [1.165, 1.54) is 0 Å². The smallest absolute Gasteiger partial charge is 0.255 e. The standard InChI is InChI=1S/C11H13BrN2OS/c1-8-9(6-13-7-10(8)12)11(15)14-2-4-16-5-3-14/h6-7H,2-5H2,1H3. The molecule has 1 amide bonds. The van der Waals surface area contributed by atoms with Crippen molar-refractivity contribution in [2.45, 2.75) is 6.92 Å². The van der Waals surface area contributed by atoms with E-state index >= 15 is 0 Å². The molecule has 0 atom stereocenters. The molecule has 1 aliphatic rings. The molecule has 0 N–H and O–H groups in total. The van der Waals surface area contributed by atoms with Crippen molar-refractivity contribution in [3.05, 3.63) is 28.0 Å². The fourth-order valence-corrected chi connectivity index (χ4v) is 2.89. The van der Waals surface area contributed by atoms with Crippen molar-refractivity contribution in [1.29, 1.82) is 0 Å². The summed E-state index contributed by atoms with van der Waals surface area (Å²) in [6.07, 6.45) is 3.38. The number of thioether (sulfide) groups is 1. The van der Waals surface area contributed by atoms with E-state index in [9.17, 15) is 4.79 Å². The van der Waals surface area contributed by atoms with Crippen molar-refractivity contribution in [2.24, 2.45) is 0 Å². The third-order valence-electron chi connectivity index (χ3n) is 2.68. The Morgan fingerprint density at radius 1 is 1.44 bits per heavy atom. The van der Waals surface area contributed by atoms with E-state index in [0.717, 1.165) is 34.6 Å². The van der Waals surface area contributed by atoms with Gasteiger partial charge >= 0.3 is 0 Å². The molecule has 0 bridgehead atoms. The highest BCUT2D eigenvalue weighted by Gasteiger charge is 2.20. The van der Waals surface area contributed by atoms with E-state index in [-0.39, 0.29) is 5.91 Å². The zero-order chi connectivity index (χ0) is 11.5. The number of pyridine rings is 1. The van der Waals surface area contributed by atoms with Crippen LogP contribution in [-0.2, 0) is 0 Å². The van der Waals surface area contributed by atoms with Crippen LogP contribution in [0.1, 0.15) is 15.9 Å². The van der Waals surface area contributed by atoms with Gasteiger partial charge in [0.1, 0.15) is 0 Å². The van der Waals surface area contributed by atoms with E-state index in [1.807, 2.05) is 23.6 Å². The number of nitrogens with zero attached hydrogens (tertiary/aromatic N) is 2. The summed E-state index contributed by atoms with van der Waals surface area (Å²) in [4.78, 5) is 18.2. The van der Waals surface area contributed by atoms with E-state index < -0.39 is 0 Å². The first-order valence-corrected chi connectivity index (χ1v) is 7.12. The van der Waals surface area contributed by atoms with Crippen LogP contribution < -0.4 is 0 Å². The van der Waals surface area contributed by atoms with Crippen LogP contribution in [0.25, 0.3) is 0 Å². The number of carbonyl (C=O) groups excluding carboxylic acids is 1. The van der Waals surface area contributed by atoms with E-state index in [4.69, 9.17) is 0 Å². The van der Waals surface area contributed by atoms with Crippen LogP contribution in [0.3, 0.4) is 0 Å². The number of hydrogen-bond donors (Lipinski definition) is 0. The summed E-state index contributed by atoms with van der Waals surface area (Å²) in [7, 11) is 0. The van der Waals surface area contributed by atoms with Gasteiger partial charge < -0.3 is 4.90 Å². The van der Waals surface area contributed by atoms with Gasteiger partial charge in [0.25, 0.3) is 5.91 Å². The Hall–Kier alpha value is -0.550. The minimum atomic E-state index is 0.103. The molecule has 1 fully saturated rings. The Labute approximate surface area is 108 Å². The lowest BCUT2D eigenvalue weighted by atomic mass is 10.1. The molecule has 5 heteroatoms. The minimum absolute atomic E-state index is 0.103. The highest BCUT2D eigenvalue weighted by molar-refractivity contribution is 9.10. The Kier molecular flexibility index (Phi) is 3.86. The number of halogens is 1. The molecule has 0 spiro atoms. The summed E-state index contributed by atoms with van der Waals surface area (Å²) in [6, 6.07) is 0. The largest absolute Gasteiger partial charge is 0.337 e. The molecule has 3 nitrogen and oxygen atoms in total. The predicted octanol–water partition coefficient (Wildman–Crippen LogP) is 2.34. The Balaban J connectivity index is 2.22. The first kappa shape index (κ1) is 11.9. The monoisotopic (exact) mass is 300 g/mol. The van der Waals surface area contributed by atoms with Crippen LogP contribution >= 0.6 is 27.7 Å². The van der Waals surface area contributed by atoms with Gasteiger partial charge in [-0.1, -0.05) is 0 Å². The highest BCUT2D eigenvalue weighted by atomic mass is 79.9. The SMILES string of the molecule is Cc1c(Br)cncc1C(=O)N1CCSCC1. The normalized spacial score (nSPS) is 16.2. The fourth-order valence-electron chi connectivity index (χ4n) is 1.65. The topological polar surface area (TPSA) is 33.2 Å². The lowest BCUT2D eigenvalue weighted by Gasteiger charge is -2.26. The zero-order valence-corrected chi connectivity index (χ0v) is 11.5. The molecule has 2 rings (SSSR count). The van der Waals surface area contributed by atoms with Crippen LogP contribution in [0, 0.1) is 6.92 Å². The molecule has 1 saturated heterocycles. The second kappa shape index (κ2) is 5.19. The van der Waals surface area contributed by atoms with Gasteiger partial charge in [-0.25, -0.2) is 0 Å². The molecule has 1 aromatic rings. The van der Waals surface area contributed by atoms with Crippen LogP contribution in [0.2, 0.25) is 0 Å². The molecule has 0 saturated carbocycles. The molecule has 1 aliphatic heterocycles. The van der Waals surface area contributed by atoms with Crippen LogP contribution in [0.5, 0.6) is 0 Å². The average Bonchev–Trinajstić information content (AvgIpc) is 2.33. The quantitative estimate of drug-likeness (QED) is 0.798. The van der Waals surface area contributed by atoms with Gasteiger partial charge in [-0.05, 0) is 28.4 Å². The summed E-state index contributed by atoms with van der Waals surface area (Å²) in [5, 5.41) is 0. The van der Waals surface area contributed by atoms with E-state index in [0.29, 0.717) is 5.56 Å². The van der Waals surface area contributed by atoms with Gasteiger partial charge in [-0.2, -0.15) is 11.8 Å². The Morgan fingerprint density at radius 2 is 2.12 bits per heavy atom. The molecule has 0 aliphatic carbocycles. The second-order valence-corrected chi connectivity index (χ2v) is 5.78. The van der Waals surface area contributed by atoms with Crippen molar-refractivity contribution in [2.75, 3.05) is 24.6 Å². The maximum absolute atomic E-state index is 12.2. The van der Waals surface area contributed by atoms with Crippen molar-refractivity contribution in [1.82, 2.24) is 9.88 Å². The van der Waals surface area contributed by atoms with Crippen molar-refractivity contribution in [3.8, 4) is 0 Å². The van der Waals surface area contributed by atoms with Crippen LogP contribution in [0.4, 0.5) is 0 Å². The van der Waals surface area contributed by atoms with Crippen LogP contribution in [0.15, 0.2) is 16.9 Å². The van der Waals surface area contributed by atoms with Gasteiger partial charge in [0.15, 0.2) is 0 Å². The second-order valence-electron chi connectivity index (χ2n) is 3.70. The van der Waals surface area contributed by atoms with Gasteiger partial charge in [0.05, 0.1) is 5.56 Å². The molecule has 0 unspecified atom stereocenters. The van der Waals surface area contributed by atoms with Crippen LogP contribution in [-0.4, -0.2) is 40.4 Å². The number of amides is 1. The Bertz CT molecular complexity index is 405. The minimum Gasteiger partial charge on any atom is -0.337 e. The Morgan fingerprint density at radius 3 is 2.81 bits per heavy atom. The first-order chi connectivity index (χ1) is 7.70. The number of hydrogen-bond acceptors (Lipinski definition) is 3. The molecule has 1 aromatic heterocycles. The maximum Gasteiger partial charge on any atom is 0.255 e. The summed E-state index contributed by atoms with van der Waals surface area (Å²) in [5.41, 5.74) is 1.68. The predicted molar refractivity (Wildman–Crippen MR) is 69.9 cm³/mol. The molecule has 86 valence electrons. The van der Waals surface area contributed by atoms with Gasteiger partial charge in [-0.3, -0.25) is 9.78 Å². The first-order valence-electron chi connectivity index (χ1n) is 5.17. The molecular formula is C11H13BrN2OS. The van der Waals surface area contributed by atoms with Gasteiger partial charge in [0, 0.05) is 41.5 Å². The average molecular weight is 301 g/mol. The molecule has 0 radical (unpaired) electrons. The summed E-state index contributed by atoms with van der Waals surface area (Å²) >= 11 is 5.30. The number of rotatable bonds is 1. The third kappa shape index (κ3) is 2.40. The van der Waals surface area contributed by atoms with Crippen molar-refractivity contribution >= 4 is 33.6 Å². The summed E-state index contributed by atoms with van der Waals surface area (Å²) in [5.74, 6) is 2.17. The zero-order valence-electron chi connectivity index (χ0n) is 9.07. The van der Waals surface area contributed by atoms with Gasteiger partial charge in [0.2, 0.25) is 0 Å². The third-order valence-corrected chi connectivity index (χ3v) is 4.42. The van der Waals surface area contributed by atoms with E-state index in [1.54, 1.807) is 12.4 Å². The van der Waals surface area contributed by atoms with Gasteiger partial charge in [-0.15, -0.1) is 0 Å². The molecular weight excluding hydrogens is 288 g/mol. The molecule has 16 heavy (non-hydrogen) atoms. The number of carbonyl (C=O) groups is 1. The lowest BCUT2D eigenvalue weighted by Crippen LogP contribution is -2.38. The number of aromatic nitrogens is 1. The molecule has 2 heterocycles. The highest BCUT2D eigenvalue weighted by Crippen LogP contribution is 2.20. The maximum atomic E-state index is 12.2. The lowest BCUT2D eigenvalue weighted by molar-refractivity contribution is 0.0771.